The standard InChI is InChI=1S/C21H32N2O/c1-17-12-18(2)15-23(14-17)21(24)16-22-10-8-20(9-11-22)13-19-6-4-3-5-7-19/h3-7,17-18,20H,8-16H2,1-2H3. The number of amides is 1. The largest absolute Gasteiger partial charge is 0.341 e. The van der Waals surface area contributed by atoms with Crippen molar-refractivity contribution in [2.75, 3.05) is 32.7 Å². The predicted molar refractivity (Wildman–Crippen MR) is 98.8 cm³/mol. The molecule has 1 aromatic rings. The minimum absolute atomic E-state index is 0.343. The summed E-state index contributed by atoms with van der Waals surface area (Å²) in [5.74, 6) is 2.41. The third-order valence-electron chi connectivity index (χ3n) is 5.65. The quantitative estimate of drug-likeness (QED) is 0.845. The lowest BCUT2D eigenvalue weighted by Crippen LogP contribution is -2.48. The number of carbonyl (C=O) groups is 1. The number of hydrogen-bond acceptors (Lipinski definition) is 2. The molecule has 132 valence electrons. The van der Waals surface area contributed by atoms with E-state index in [-0.39, 0.29) is 0 Å². The molecule has 2 fully saturated rings. The van der Waals surface area contributed by atoms with Crippen LogP contribution in [0.1, 0.15) is 38.7 Å². The Morgan fingerprint density at radius 2 is 1.67 bits per heavy atom. The van der Waals surface area contributed by atoms with Gasteiger partial charge in [0.1, 0.15) is 0 Å². The highest BCUT2D eigenvalue weighted by Gasteiger charge is 2.27. The van der Waals surface area contributed by atoms with E-state index in [2.05, 4.69) is 54.0 Å². The van der Waals surface area contributed by atoms with E-state index in [1.807, 2.05) is 0 Å². The number of piperidine rings is 2. The summed E-state index contributed by atoms with van der Waals surface area (Å²) in [5.41, 5.74) is 1.45. The number of likely N-dealkylation sites (tertiary alicyclic amines) is 2. The average molecular weight is 329 g/mol. The monoisotopic (exact) mass is 328 g/mol. The number of rotatable bonds is 4. The van der Waals surface area contributed by atoms with Crippen LogP contribution >= 0.6 is 0 Å². The van der Waals surface area contributed by atoms with Crippen LogP contribution < -0.4 is 0 Å². The van der Waals surface area contributed by atoms with Crippen LogP contribution in [-0.2, 0) is 11.2 Å². The lowest BCUT2D eigenvalue weighted by atomic mass is 9.90. The molecular formula is C21H32N2O. The Morgan fingerprint density at radius 1 is 1.04 bits per heavy atom. The minimum atomic E-state index is 0.343. The summed E-state index contributed by atoms with van der Waals surface area (Å²) in [7, 11) is 0. The molecule has 2 atom stereocenters. The van der Waals surface area contributed by atoms with Gasteiger partial charge in [-0.05, 0) is 62.1 Å². The van der Waals surface area contributed by atoms with Crippen molar-refractivity contribution >= 4 is 5.91 Å². The first-order chi connectivity index (χ1) is 11.6. The van der Waals surface area contributed by atoms with E-state index in [9.17, 15) is 4.79 Å². The van der Waals surface area contributed by atoms with Crippen LogP contribution in [0, 0.1) is 17.8 Å². The fourth-order valence-electron chi connectivity index (χ4n) is 4.45. The molecule has 0 spiro atoms. The zero-order valence-corrected chi connectivity index (χ0v) is 15.3. The van der Waals surface area contributed by atoms with Gasteiger partial charge in [0.2, 0.25) is 5.91 Å². The van der Waals surface area contributed by atoms with E-state index < -0.39 is 0 Å². The van der Waals surface area contributed by atoms with E-state index in [1.165, 1.54) is 31.2 Å². The van der Waals surface area contributed by atoms with Gasteiger partial charge in [0.25, 0.3) is 0 Å². The van der Waals surface area contributed by atoms with E-state index in [0.717, 1.165) is 32.1 Å². The summed E-state index contributed by atoms with van der Waals surface area (Å²) in [6.45, 7) is 9.21. The maximum atomic E-state index is 12.6. The van der Waals surface area contributed by atoms with Crippen LogP contribution in [0.4, 0.5) is 0 Å². The van der Waals surface area contributed by atoms with Gasteiger partial charge in [-0.2, -0.15) is 0 Å². The van der Waals surface area contributed by atoms with Crippen LogP contribution in [-0.4, -0.2) is 48.4 Å². The highest BCUT2D eigenvalue weighted by molar-refractivity contribution is 5.78. The summed E-state index contributed by atoms with van der Waals surface area (Å²) >= 11 is 0. The molecule has 1 aromatic carbocycles. The number of hydrogen-bond donors (Lipinski definition) is 0. The van der Waals surface area contributed by atoms with Gasteiger partial charge < -0.3 is 4.90 Å². The van der Waals surface area contributed by atoms with Crippen LogP contribution in [0.5, 0.6) is 0 Å². The maximum absolute atomic E-state index is 12.6. The average Bonchev–Trinajstić information content (AvgIpc) is 2.57. The number of benzene rings is 1. The second kappa shape index (κ2) is 8.15. The van der Waals surface area contributed by atoms with Gasteiger partial charge in [0.15, 0.2) is 0 Å². The van der Waals surface area contributed by atoms with Crippen molar-refractivity contribution in [1.29, 1.82) is 0 Å². The second-order valence-corrected chi connectivity index (χ2v) is 8.15. The molecule has 2 aliphatic rings. The second-order valence-electron chi connectivity index (χ2n) is 8.15. The summed E-state index contributed by atoms with van der Waals surface area (Å²) in [6.07, 6.45) is 4.88. The third kappa shape index (κ3) is 4.83. The predicted octanol–water partition coefficient (Wildman–Crippen LogP) is 3.45. The molecule has 0 aliphatic carbocycles. The van der Waals surface area contributed by atoms with Crippen molar-refractivity contribution in [1.82, 2.24) is 9.80 Å². The first-order valence-corrected chi connectivity index (χ1v) is 9.64. The molecule has 3 heteroatoms. The Balaban J connectivity index is 1.42. The van der Waals surface area contributed by atoms with Gasteiger partial charge >= 0.3 is 0 Å². The van der Waals surface area contributed by atoms with Crippen molar-refractivity contribution in [3.63, 3.8) is 0 Å². The molecule has 2 aliphatic heterocycles. The lowest BCUT2D eigenvalue weighted by molar-refractivity contribution is -0.135. The van der Waals surface area contributed by atoms with Crippen molar-refractivity contribution in [2.45, 2.75) is 39.5 Å². The minimum Gasteiger partial charge on any atom is -0.341 e. The zero-order valence-electron chi connectivity index (χ0n) is 15.3. The van der Waals surface area contributed by atoms with Crippen LogP contribution in [0.2, 0.25) is 0 Å². The molecule has 2 heterocycles. The number of nitrogens with zero attached hydrogens (tertiary/aromatic N) is 2. The molecule has 0 radical (unpaired) electrons. The first kappa shape index (κ1) is 17.5. The molecule has 3 nitrogen and oxygen atoms in total. The van der Waals surface area contributed by atoms with E-state index in [4.69, 9.17) is 0 Å². The smallest absolute Gasteiger partial charge is 0.236 e. The molecule has 0 bridgehead atoms. The molecule has 1 amide bonds. The molecule has 2 unspecified atom stereocenters. The van der Waals surface area contributed by atoms with E-state index in [0.29, 0.717) is 24.3 Å². The molecular weight excluding hydrogens is 296 g/mol. The van der Waals surface area contributed by atoms with Crippen molar-refractivity contribution in [2.24, 2.45) is 17.8 Å². The number of carbonyl (C=O) groups excluding carboxylic acids is 1. The van der Waals surface area contributed by atoms with Gasteiger partial charge in [-0.1, -0.05) is 44.2 Å². The highest BCUT2D eigenvalue weighted by atomic mass is 16.2. The van der Waals surface area contributed by atoms with Crippen molar-refractivity contribution in [3.8, 4) is 0 Å². The Labute approximate surface area is 147 Å². The van der Waals surface area contributed by atoms with Gasteiger partial charge in [-0.25, -0.2) is 0 Å². The maximum Gasteiger partial charge on any atom is 0.236 e. The molecule has 24 heavy (non-hydrogen) atoms. The normalized spacial score (nSPS) is 26.5. The lowest BCUT2D eigenvalue weighted by Gasteiger charge is -2.37. The van der Waals surface area contributed by atoms with Gasteiger partial charge in [0, 0.05) is 13.1 Å². The summed E-state index contributed by atoms with van der Waals surface area (Å²) in [6, 6.07) is 10.8. The Bertz CT molecular complexity index is 512. The van der Waals surface area contributed by atoms with Gasteiger partial charge in [0.05, 0.1) is 6.54 Å². The van der Waals surface area contributed by atoms with E-state index >= 15 is 0 Å². The Kier molecular flexibility index (Phi) is 5.94. The molecule has 0 N–H and O–H groups in total. The Hall–Kier alpha value is -1.35. The zero-order chi connectivity index (χ0) is 16.9. The molecule has 2 saturated heterocycles. The summed E-state index contributed by atoms with van der Waals surface area (Å²) < 4.78 is 0. The molecule has 3 rings (SSSR count). The molecule has 0 aromatic heterocycles. The van der Waals surface area contributed by atoms with E-state index in [1.54, 1.807) is 0 Å². The molecule has 0 saturated carbocycles. The van der Waals surface area contributed by atoms with Gasteiger partial charge in [-0.15, -0.1) is 0 Å². The van der Waals surface area contributed by atoms with Crippen LogP contribution in [0.3, 0.4) is 0 Å². The van der Waals surface area contributed by atoms with Crippen LogP contribution in [0.25, 0.3) is 0 Å². The highest BCUT2D eigenvalue weighted by Crippen LogP contribution is 2.23. The third-order valence-corrected chi connectivity index (χ3v) is 5.65. The Morgan fingerprint density at radius 3 is 2.29 bits per heavy atom. The fourth-order valence-corrected chi connectivity index (χ4v) is 4.45. The summed E-state index contributed by atoms with van der Waals surface area (Å²) in [5, 5.41) is 0. The van der Waals surface area contributed by atoms with Crippen molar-refractivity contribution < 1.29 is 4.79 Å². The topological polar surface area (TPSA) is 23.6 Å². The summed E-state index contributed by atoms with van der Waals surface area (Å²) in [4.78, 5) is 17.1. The van der Waals surface area contributed by atoms with Crippen LogP contribution in [0.15, 0.2) is 30.3 Å². The SMILES string of the molecule is CC1CC(C)CN(C(=O)CN2CCC(Cc3ccccc3)CC2)C1. The van der Waals surface area contributed by atoms with Crippen molar-refractivity contribution in [3.05, 3.63) is 35.9 Å². The first-order valence-electron chi connectivity index (χ1n) is 9.64. The fraction of sp³-hybridized carbons (Fsp3) is 0.667. The van der Waals surface area contributed by atoms with Gasteiger partial charge in [-0.3, -0.25) is 9.69 Å².